The average Bonchev–Trinajstić information content (AvgIpc) is 2.70. The van der Waals surface area contributed by atoms with Gasteiger partial charge in [-0.25, -0.2) is 13.1 Å². The lowest BCUT2D eigenvalue weighted by molar-refractivity contribution is -0.116. The Balaban J connectivity index is 2.09. The van der Waals surface area contributed by atoms with Crippen molar-refractivity contribution < 1.29 is 22.7 Å². The molecule has 0 aromatic heterocycles. The van der Waals surface area contributed by atoms with Crippen LogP contribution in [-0.2, 0) is 14.8 Å². The summed E-state index contributed by atoms with van der Waals surface area (Å²) in [6.45, 7) is 9.45. The average molecular weight is 435 g/mol. The third-order valence-corrected chi connectivity index (χ3v) is 7.21. The van der Waals surface area contributed by atoms with Crippen molar-refractivity contribution in [1.29, 1.82) is 0 Å². The highest BCUT2D eigenvalue weighted by Gasteiger charge is 2.23. The first kappa shape index (κ1) is 23.7. The zero-order valence-electron chi connectivity index (χ0n) is 18.6. The van der Waals surface area contributed by atoms with Gasteiger partial charge in [0.15, 0.2) is 0 Å². The fraction of sp³-hybridized carbons (Fsp3) is 0.409. The number of hydrogen-bond donors (Lipinski definition) is 2. The molecule has 0 atom stereocenters. The van der Waals surface area contributed by atoms with E-state index in [0.717, 1.165) is 27.8 Å². The van der Waals surface area contributed by atoms with E-state index in [0.29, 0.717) is 22.1 Å². The molecule has 0 fully saturated rings. The van der Waals surface area contributed by atoms with Gasteiger partial charge in [-0.1, -0.05) is 0 Å². The van der Waals surface area contributed by atoms with Crippen molar-refractivity contribution in [1.82, 2.24) is 4.72 Å². The first-order valence-electron chi connectivity index (χ1n) is 9.61. The number of benzene rings is 2. The van der Waals surface area contributed by atoms with Crippen LogP contribution in [0.15, 0.2) is 23.1 Å². The third kappa shape index (κ3) is 5.12. The van der Waals surface area contributed by atoms with Crippen molar-refractivity contribution in [3.8, 4) is 11.5 Å². The number of hydrogen-bond acceptors (Lipinski definition) is 5. The van der Waals surface area contributed by atoms with E-state index in [1.54, 1.807) is 18.2 Å². The number of anilines is 1. The quantitative estimate of drug-likeness (QED) is 0.663. The normalized spacial score (nSPS) is 11.3. The molecule has 0 aliphatic carbocycles. The molecule has 0 unspecified atom stereocenters. The molecule has 2 N–H and O–H groups in total. The lowest BCUT2D eigenvalue weighted by Crippen LogP contribution is -2.29. The summed E-state index contributed by atoms with van der Waals surface area (Å²) in [5.41, 5.74) is 4.99. The zero-order chi connectivity index (χ0) is 22.6. The van der Waals surface area contributed by atoms with Gasteiger partial charge in [-0.3, -0.25) is 4.79 Å². The first-order valence-corrected chi connectivity index (χ1v) is 11.1. The van der Waals surface area contributed by atoms with Gasteiger partial charge in [0.1, 0.15) is 11.5 Å². The van der Waals surface area contributed by atoms with Crippen LogP contribution in [0.1, 0.15) is 34.2 Å². The van der Waals surface area contributed by atoms with E-state index >= 15 is 0 Å². The van der Waals surface area contributed by atoms with Crippen molar-refractivity contribution in [2.45, 2.75) is 45.9 Å². The fourth-order valence-corrected chi connectivity index (χ4v) is 4.97. The van der Waals surface area contributed by atoms with E-state index in [4.69, 9.17) is 9.47 Å². The van der Waals surface area contributed by atoms with Crippen LogP contribution in [0, 0.1) is 34.6 Å². The molecule has 7 nitrogen and oxygen atoms in total. The third-order valence-electron chi connectivity index (χ3n) is 5.48. The topological polar surface area (TPSA) is 93.7 Å². The Kier molecular flexibility index (Phi) is 7.49. The summed E-state index contributed by atoms with van der Waals surface area (Å²) in [7, 11) is -0.700. The fourth-order valence-electron chi connectivity index (χ4n) is 3.34. The molecule has 0 spiro atoms. The number of methoxy groups -OCH3 is 2. The minimum Gasteiger partial charge on any atom is -0.497 e. The molecular weight excluding hydrogens is 404 g/mol. The van der Waals surface area contributed by atoms with Gasteiger partial charge in [-0.15, -0.1) is 0 Å². The number of carbonyl (C=O) groups excluding carboxylic acids is 1. The Morgan fingerprint density at radius 1 is 0.833 bits per heavy atom. The Morgan fingerprint density at radius 2 is 1.30 bits per heavy atom. The molecule has 164 valence electrons. The second-order valence-corrected chi connectivity index (χ2v) is 8.96. The molecule has 0 radical (unpaired) electrons. The highest BCUT2D eigenvalue weighted by Crippen LogP contribution is 2.29. The second-order valence-electron chi connectivity index (χ2n) is 7.25. The maximum absolute atomic E-state index is 12.9. The Bertz CT molecular complexity index is 1010. The molecule has 0 saturated carbocycles. The number of ether oxygens (including phenoxy) is 2. The maximum atomic E-state index is 12.9. The molecule has 2 aromatic carbocycles. The van der Waals surface area contributed by atoms with Gasteiger partial charge in [-0.2, -0.15) is 0 Å². The van der Waals surface area contributed by atoms with Gasteiger partial charge in [-0.05, 0) is 62.4 Å². The molecule has 0 aliphatic rings. The zero-order valence-corrected chi connectivity index (χ0v) is 19.4. The smallest absolute Gasteiger partial charge is 0.241 e. The van der Waals surface area contributed by atoms with Crippen LogP contribution in [0.25, 0.3) is 0 Å². The molecule has 0 aliphatic heterocycles. The molecule has 2 aromatic rings. The van der Waals surface area contributed by atoms with Crippen LogP contribution in [0.4, 0.5) is 5.69 Å². The van der Waals surface area contributed by atoms with E-state index in [1.807, 2.05) is 34.6 Å². The Morgan fingerprint density at radius 3 is 1.77 bits per heavy atom. The van der Waals surface area contributed by atoms with E-state index in [2.05, 4.69) is 10.0 Å². The lowest BCUT2D eigenvalue weighted by Gasteiger charge is -2.19. The summed E-state index contributed by atoms with van der Waals surface area (Å²) < 4.78 is 38.8. The van der Waals surface area contributed by atoms with E-state index in [9.17, 15) is 13.2 Å². The molecule has 2 rings (SSSR count). The number of rotatable bonds is 8. The highest BCUT2D eigenvalue weighted by atomic mass is 32.2. The van der Waals surface area contributed by atoms with Crippen LogP contribution in [-0.4, -0.2) is 35.1 Å². The van der Waals surface area contributed by atoms with E-state index in [-0.39, 0.29) is 18.9 Å². The summed E-state index contributed by atoms with van der Waals surface area (Å²) in [6.07, 6.45) is -0.0132. The monoisotopic (exact) mass is 434 g/mol. The maximum Gasteiger partial charge on any atom is 0.241 e. The van der Waals surface area contributed by atoms with E-state index in [1.165, 1.54) is 14.2 Å². The molecule has 1 amide bonds. The summed E-state index contributed by atoms with van der Waals surface area (Å²) in [5.74, 6) is 0.764. The molecule has 0 bridgehead atoms. The number of nitrogens with one attached hydrogen (secondary N) is 2. The largest absolute Gasteiger partial charge is 0.497 e. The molecule has 8 heteroatoms. The standard InChI is InChI=1S/C22H30N2O5S/c1-13-14(2)16(4)22(17(5)15(13)3)30(26,27)23-9-8-21(25)24-18-10-19(28-6)12-20(11-18)29-7/h10-12,23H,8-9H2,1-7H3,(H,24,25). The highest BCUT2D eigenvalue weighted by molar-refractivity contribution is 7.89. The van der Waals surface area contributed by atoms with Gasteiger partial charge >= 0.3 is 0 Å². The SMILES string of the molecule is COc1cc(NC(=O)CCNS(=O)(=O)c2c(C)c(C)c(C)c(C)c2C)cc(OC)c1. The predicted molar refractivity (Wildman–Crippen MR) is 118 cm³/mol. The van der Waals surface area contributed by atoms with Crippen LogP contribution >= 0.6 is 0 Å². The summed E-state index contributed by atoms with van der Waals surface area (Å²) in [6, 6.07) is 5.02. The van der Waals surface area contributed by atoms with Gasteiger partial charge in [0, 0.05) is 36.9 Å². The van der Waals surface area contributed by atoms with Crippen molar-refractivity contribution in [3.63, 3.8) is 0 Å². The molecule has 0 saturated heterocycles. The van der Waals surface area contributed by atoms with Crippen LogP contribution in [0.2, 0.25) is 0 Å². The van der Waals surface area contributed by atoms with Gasteiger partial charge in [0.05, 0.1) is 19.1 Å². The summed E-state index contributed by atoms with van der Waals surface area (Å²) >= 11 is 0. The molecular formula is C22H30N2O5S. The molecule has 30 heavy (non-hydrogen) atoms. The van der Waals surface area contributed by atoms with E-state index < -0.39 is 10.0 Å². The van der Waals surface area contributed by atoms with Crippen LogP contribution in [0.5, 0.6) is 11.5 Å². The Hall–Kier alpha value is -2.58. The molecule has 0 heterocycles. The predicted octanol–water partition coefficient (Wildman–Crippen LogP) is 3.55. The van der Waals surface area contributed by atoms with Crippen molar-refractivity contribution >= 4 is 21.6 Å². The van der Waals surface area contributed by atoms with Crippen molar-refractivity contribution in [3.05, 3.63) is 46.0 Å². The van der Waals surface area contributed by atoms with Crippen LogP contribution in [0.3, 0.4) is 0 Å². The van der Waals surface area contributed by atoms with Crippen molar-refractivity contribution in [2.75, 3.05) is 26.1 Å². The van der Waals surface area contributed by atoms with Gasteiger partial charge < -0.3 is 14.8 Å². The minimum absolute atomic E-state index is 0.0132. The van der Waals surface area contributed by atoms with Crippen LogP contribution < -0.4 is 19.5 Å². The van der Waals surface area contributed by atoms with Gasteiger partial charge in [0.25, 0.3) is 0 Å². The second kappa shape index (κ2) is 9.49. The summed E-state index contributed by atoms with van der Waals surface area (Å²) in [4.78, 5) is 12.6. The first-order chi connectivity index (χ1) is 14.0. The summed E-state index contributed by atoms with van der Waals surface area (Å²) in [5, 5.41) is 2.73. The number of sulfonamides is 1. The van der Waals surface area contributed by atoms with Gasteiger partial charge in [0.2, 0.25) is 15.9 Å². The lowest BCUT2D eigenvalue weighted by atomic mass is 9.95. The number of amides is 1. The van der Waals surface area contributed by atoms with Crippen molar-refractivity contribution in [2.24, 2.45) is 0 Å². The Labute approximate surface area is 178 Å². The minimum atomic E-state index is -3.74. The number of carbonyl (C=O) groups is 1.